The van der Waals surface area contributed by atoms with E-state index in [1.54, 1.807) is 0 Å². The van der Waals surface area contributed by atoms with Crippen LogP contribution in [-0.2, 0) is 0 Å². The second-order valence-corrected chi connectivity index (χ2v) is 5.12. The molecule has 1 aromatic rings. The molecule has 2 N–H and O–H groups in total. The lowest BCUT2D eigenvalue weighted by Crippen LogP contribution is -2.22. The van der Waals surface area contributed by atoms with E-state index in [2.05, 4.69) is 39.6 Å². The molecule has 1 heterocycles. The van der Waals surface area contributed by atoms with Gasteiger partial charge in [-0.1, -0.05) is 12.8 Å². The maximum absolute atomic E-state index is 4.48. The predicted octanol–water partition coefficient (Wildman–Crippen LogP) is 1.80. The predicted molar refractivity (Wildman–Crippen MR) is 75.0 cm³/mol. The number of hydrogen-bond acceptors (Lipinski definition) is 5. The number of anilines is 2. The van der Waals surface area contributed by atoms with Gasteiger partial charge < -0.3 is 15.5 Å². The van der Waals surface area contributed by atoms with Crippen molar-refractivity contribution in [3.63, 3.8) is 0 Å². The molecule has 0 amide bonds. The summed E-state index contributed by atoms with van der Waals surface area (Å²) < 4.78 is 0. The SMILES string of the molecule is CN(C)CCNc1nccc(NC2CCCC2)n1. The third-order valence-corrected chi connectivity index (χ3v) is 3.20. The molecule has 2 rings (SSSR count). The molecule has 1 aliphatic rings. The molecule has 100 valence electrons. The Kier molecular flexibility index (Phi) is 4.75. The smallest absolute Gasteiger partial charge is 0.224 e. The fraction of sp³-hybridized carbons (Fsp3) is 0.692. The molecule has 1 fully saturated rings. The van der Waals surface area contributed by atoms with Crippen LogP contribution < -0.4 is 10.6 Å². The second kappa shape index (κ2) is 6.54. The average Bonchev–Trinajstić information content (AvgIpc) is 2.82. The number of aromatic nitrogens is 2. The van der Waals surface area contributed by atoms with Gasteiger partial charge in [0.05, 0.1) is 0 Å². The van der Waals surface area contributed by atoms with Crippen LogP contribution in [0.2, 0.25) is 0 Å². The van der Waals surface area contributed by atoms with E-state index >= 15 is 0 Å². The molecule has 5 nitrogen and oxygen atoms in total. The molecule has 18 heavy (non-hydrogen) atoms. The minimum atomic E-state index is 0.592. The molecule has 0 radical (unpaired) electrons. The van der Waals surface area contributed by atoms with Crippen molar-refractivity contribution in [3.05, 3.63) is 12.3 Å². The molecule has 0 aromatic carbocycles. The molecule has 0 atom stereocenters. The first-order chi connectivity index (χ1) is 8.74. The van der Waals surface area contributed by atoms with Crippen molar-refractivity contribution in [2.45, 2.75) is 31.7 Å². The van der Waals surface area contributed by atoms with Gasteiger partial charge in [0.15, 0.2) is 0 Å². The number of rotatable bonds is 6. The molecule has 1 aliphatic carbocycles. The maximum atomic E-state index is 4.48. The van der Waals surface area contributed by atoms with E-state index in [0.29, 0.717) is 12.0 Å². The molecule has 0 bridgehead atoms. The Balaban J connectivity index is 1.84. The van der Waals surface area contributed by atoms with Gasteiger partial charge in [-0.2, -0.15) is 4.98 Å². The van der Waals surface area contributed by atoms with Gasteiger partial charge in [0.25, 0.3) is 0 Å². The molecule has 0 saturated heterocycles. The van der Waals surface area contributed by atoms with Crippen LogP contribution in [-0.4, -0.2) is 48.1 Å². The minimum absolute atomic E-state index is 0.592. The first kappa shape index (κ1) is 13.1. The van der Waals surface area contributed by atoms with Crippen LogP contribution in [0.25, 0.3) is 0 Å². The number of nitrogens with one attached hydrogen (secondary N) is 2. The highest BCUT2D eigenvalue weighted by Gasteiger charge is 2.14. The third kappa shape index (κ3) is 4.14. The van der Waals surface area contributed by atoms with Crippen LogP contribution in [0.5, 0.6) is 0 Å². The van der Waals surface area contributed by atoms with E-state index < -0.39 is 0 Å². The summed E-state index contributed by atoms with van der Waals surface area (Å²) in [6.07, 6.45) is 6.98. The molecule has 1 aromatic heterocycles. The lowest BCUT2D eigenvalue weighted by atomic mass is 10.2. The summed E-state index contributed by atoms with van der Waals surface area (Å²) in [6, 6.07) is 2.53. The van der Waals surface area contributed by atoms with Gasteiger partial charge in [0, 0.05) is 25.3 Å². The van der Waals surface area contributed by atoms with E-state index in [-0.39, 0.29) is 0 Å². The van der Waals surface area contributed by atoms with Crippen molar-refractivity contribution < 1.29 is 0 Å². The van der Waals surface area contributed by atoms with E-state index in [4.69, 9.17) is 0 Å². The van der Waals surface area contributed by atoms with Gasteiger partial charge in [0.2, 0.25) is 5.95 Å². The third-order valence-electron chi connectivity index (χ3n) is 3.20. The fourth-order valence-electron chi connectivity index (χ4n) is 2.19. The van der Waals surface area contributed by atoms with E-state index in [9.17, 15) is 0 Å². The van der Waals surface area contributed by atoms with Crippen molar-refractivity contribution in [3.8, 4) is 0 Å². The second-order valence-electron chi connectivity index (χ2n) is 5.12. The van der Waals surface area contributed by atoms with E-state index in [0.717, 1.165) is 18.9 Å². The first-order valence-electron chi connectivity index (χ1n) is 6.72. The van der Waals surface area contributed by atoms with Gasteiger partial charge >= 0.3 is 0 Å². The molecule has 0 unspecified atom stereocenters. The topological polar surface area (TPSA) is 53.1 Å². The van der Waals surface area contributed by atoms with Crippen LogP contribution in [0, 0.1) is 0 Å². The Morgan fingerprint density at radius 2 is 2.11 bits per heavy atom. The lowest BCUT2D eigenvalue weighted by Gasteiger charge is -2.14. The zero-order valence-electron chi connectivity index (χ0n) is 11.3. The normalized spacial score (nSPS) is 16.2. The number of likely N-dealkylation sites (N-methyl/N-ethyl adjacent to an activating group) is 1. The maximum Gasteiger partial charge on any atom is 0.224 e. The lowest BCUT2D eigenvalue weighted by molar-refractivity contribution is 0.425. The molecular weight excluding hydrogens is 226 g/mol. The number of hydrogen-bond donors (Lipinski definition) is 2. The largest absolute Gasteiger partial charge is 0.367 e. The Bertz CT molecular complexity index is 360. The summed E-state index contributed by atoms with van der Waals surface area (Å²) in [5.41, 5.74) is 0. The van der Waals surface area contributed by atoms with Crippen LogP contribution in [0.3, 0.4) is 0 Å². The summed E-state index contributed by atoms with van der Waals surface area (Å²) in [6.45, 7) is 1.84. The number of nitrogens with zero attached hydrogens (tertiary/aromatic N) is 3. The highest BCUT2D eigenvalue weighted by atomic mass is 15.2. The van der Waals surface area contributed by atoms with Crippen molar-refractivity contribution in [1.29, 1.82) is 0 Å². The molecule has 0 spiro atoms. The van der Waals surface area contributed by atoms with E-state index in [1.807, 2.05) is 12.3 Å². The van der Waals surface area contributed by atoms with Crippen molar-refractivity contribution in [2.24, 2.45) is 0 Å². The standard InChI is InChI=1S/C13H23N5/c1-18(2)10-9-15-13-14-8-7-12(17-13)16-11-5-3-4-6-11/h7-8,11H,3-6,9-10H2,1-2H3,(H2,14,15,16,17). The molecule has 5 heteroatoms. The van der Waals surface area contributed by atoms with Crippen LogP contribution in [0.15, 0.2) is 12.3 Å². The van der Waals surface area contributed by atoms with Crippen LogP contribution in [0.1, 0.15) is 25.7 Å². The zero-order valence-corrected chi connectivity index (χ0v) is 11.3. The highest BCUT2D eigenvalue weighted by Crippen LogP contribution is 2.21. The molecule has 0 aliphatic heterocycles. The van der Waals surface area contributed by atoms with Gasteiger partial charge in [-0.05, 0) is 33.0 Å². The van der Waals surface area contributed by atoms with Crippen LogP contribution >= 0.6 is 0 Å². The monoisotopic (exact) mass is 249 g/mol. The Morgan fingerprint density at radius 3 is 2.83 bits per heavy atom. The summed E-state index contributed by atoms with van der Waals surface area (Å²) in [5, 5.41) is 6.72. The average molecular weight is 249 g/mol. The van der Waals surface area contributed by atoms with Gasteiger partial charge in [-0.15, -0.1) is 0 Å². The summed E-state index contributed by atoms with van der Waals surface area (Å²) in [5.74, 6) is 1.64. The summed E-state index contributed by atoms with van der Waals surface area (Å²) in [4.78, 5) is 10.8. The zero-order chi connectivity index (χ0) is 12.8. The highest BCUT2D eigenvalue weighted by molar-refractivity contribution is 5.40. The Labute approximate surface area is 109 Å². The first-order valence-corrected chi connectivity index (χ1v) is 6.72. The van der Waals surface area contributed by atoms with Crippen molar-refractivity contribution in [1.82, 2.24) is 14.9 Å². The quantitative estimate of drug-likeness (QED) is 0.805. The van der Waals surface area contributed by atoms with Crippen molar-refractivity contribution >= 4 is 11.8 Å². The fourth-order valence-corrected chi connectivity index (χ4v) is 2.19. The van der Waals surface area contributed by atoms with Gasteiger partial charge in [-0.25, -0.2) is 4.98 Å². The summed E-state index contributed by atoms with van der Waals surface area (Å²) in [7, 11) is 4.11. The molecular formula is C13H23N5. The van der Waals surface area contributed by atoms with Crippen LogP contribution in [0.4, 0.5) is 11.8 Å². The Morgan fingerprint density at radius 1 is 1.33 bits per heavy atom. The summed E-state index contributed by atoms with van der Waals surface area (Å²) >= 11 is 0. The van der Waals surface area contributed by atoms with Gasteiger partial charge in [-0.3, -0.25) is 0 Å². The van der Waals surface area contributed by atoms with Crippen molar-refractivity contribution in [2.75, 3.05) is 37.8 Å². The molecule has 1 saturated carbocycles. The van der Waals surface area contributed by atoms with Gasteiger partial charge in [0.1, 0.15) is 5.82 Å². The van der Waals surface area contributed by atoms with E-state index in [1.165, 1.54) is 25.7 Å². The minimum Gasteiger partial charge on any atom is -0.367 e. The Hall–Kier alpha value is -1.36.